The number of carbonyl (C=O) groups is 2. The smallest absolute Gasteiger partial charge is 0.311 e. The van der Waals surface area contributed by atoms with Gasteiger partial charge in [-0.05, 0) is 42.3 Å². The minimum Gasteiger partial charge on any atom is -0.508 e. The summed E-state index contributed by atoms with van der Waals surface area (Å²) in [5.41, 5.74) is 1.52. The average molecular weight is 326 g/mol. The number of phenolic OH excluding ortho intramolecular Hbond substituents is 2. The molecule has 0 saturated carbocycles. The Morgan fingerprint density at radius 3 is 2.08 bits per heavy atom. The molecular formula is C19H18O5. The molecule has 0 heterocycles. The number of benzene rings is 2. The fourth-order valence-electron chi connectivity index (χ4n) is 2.01. The predicted molar refractivity (Wildman–Crippen MR) is 90.7 cm³/mol. The van der Waals surface area contributed by atoms with Crippen molar-refractivity contribution in [3.8, 4) is 17.2 Å². The van der Waals surface area contributed by atoms with Gasteiger partial charge in [0.1, 0.15) is 23.0 Å². The van der Waals surface area contributed by atoms with Crippen LogP contribution in [-0.2, 0) is 9.59 Å². The van der Waals surface area contributed by atoms with E-state index in [4.69, 9.17) is 4.74 Å². The Labute approximate surface area is 139 Å². The van der Waals surface area contributed by atoms with E-state index in [9.17, 15) is 19.8 Å². The summed E-state index contributed by atoms with van der Waals surface area (Å²) in [6.07, 6.45) is 3.79. The van der Waals surface area contributed by atoms with Gasteiger partial charge in [0.05, 0.1) is 6.42 Å². The molecule has 0 fully saturated rings. The molecule has 0 spiro atoms. The van der Waals surface area contributed by atoms with Crippen molar-refractivity contribution in [2.75, 3.05) is 0 Å². The van der Waals surface area contributed by atoms with Crippen LogP contribution in [0.4, 0.5) is 0 Å². The molecule has 0 unspecified atom stereocenters. The quantitative estimate of drug-likeness (QED) is 0.482. The first-order valence-corrected chi connectivity index (χ1v) is 7.43. The zero-order valence-corrected chi connectivity index (χ0v) is 13.2. The lowest BCUT2D eigenvalue weighted by atomic mass is 10.1. The highest BCUT2D eigenvalue weighted by Gasteiger charge is 2.06. The second-order valence-electron chi connectivity index (χ2n) is 5.36. The van der Waals surface area contributed by atoms with E-state index in [1.54, 1.807) is 36.4 Å². The Morgan fingerprint density at radius 2 is 1.50 bits per heavy atom. The molecule has 0 amide bonds. The van der Waals surface area contributed by atoms with Crippen molar-refractivity contribution < 1.29 is 24.5 Å². The Kier molecular flexibility index (Phi) is 5.73. The van der Waals surface area contributed by atoms with Gasteiger partial charge in [-0.2, -0.15) is 0 Å². The fourth-order valence-corrected chi connectivity index (χ4v) is 2.01. The van der Waals surface area contributed by atoms with Gasteiger partial charge >= 0.3 is 5.97 Å². The molecule has 5 heteroatoms. The van der Waals surface area contributed by atoms with Gasteiger partial charge in [0.2, 0.25) is 0 Å². The lowest BCUT2D eigenvalue weighted by molar-refractivity contribution is -0.135. The van der Waals surface area contributed by atoms with Crippen molar-refractivity contribution in [3.05, 3.63) is 53.6 Å². The number of hydrogen-bond donors (Lipinski definition) is 2. The summed E-state index contributed by atoms with van der Waals surface area (Å²) < 4.78 is 5.13. The second kappa shape index (κ2) is 7.97. The summed E-state index contributed by atoms with van der Waals surface area (Å²) in [6, 6.07) is 11.2. The number of ether oxygens (including phenoxy) is 1. The third-order valence-electron chi connectivity index (χ3n) is 3.19. The molecule has 0 aliphatic heterocycles. The Bertz CT molecular complexity index is 740. The molecule has 124 valence electrons. The highest BCUT2D eigenvalue weighted by Crippen LogP contribution is 2.22. The largest absolute Gasteiger partial charge is 0.508 e. The standard InChI is InChI=1S/C19H18O5/c1-13(20)2-9-19(23)24-18-7-5-14(6-8-18)3-4-15-10-16(21)12-17(22)11-15/h3-8,10-12,21-22H,2,9H2,1H3/b4-3+. The number of phenols is 2. The number of esters is 1. The number of Topliss-reactive ketones (excluding diaryl/α,β-unsaturated/α-hetero) is 1. The molecule has 2 aromatic carbocycles. The molecule has 0 bridgehead atoms. The van der Waals surface area contributed by atoms with Gasteiger partial charge in [0.15, 0.2) is 0 Å². The molecule has 0 aromatic heterocycles. The van der Waals surface area contributed by atoms with Crippen molar-refractivity contribution in [3.63, 3.8) is 0 Å². The van der Waals surface area contributed by atoms with E-state index >= 15 is 0 Å². The molecule has 0 atom stereocenters. The van der Waals surface area contributed by atoms with Crippen LogP contribution in [0.3, 0.4) is 0 Å². The van der Waals surface area contributed by atoms with Crippen LogP contribution in [0.15, 0.2) is 42.5 Å². The molecule has 24 heavy (non-hydrogen) atoms. The monoisotopic (exact) mass is 326 g/mol. The summed E-state index contributed by atoms with van der Waals surface area (Å²) in [5, 5.41) is 18.9. The minimum absolute atomic E-state index is 0.0116. The van der Waals surface area contributed by atoms with Gasteiger partial charge in [0.25, 0.3) is 0 Å². The normalized spacial score (nSPS) is 10.7. The van der Waals surface area contributed by atoms with Crippen LogP contribution < -0.4 is 4.74 Å². The maximum Gasteiger partial charge on any atom is 0.311 e. The molecule has 2 rings (SSSR count). The molecular weight excluding hydrogens is 308 g/mol. The topological polar surface area (TPSA) is 83.8 Å². The first kappa shape index (κ1) is 17.3. The first-order chi connectivity index (χ1) is 11.4. The van der Waals surface area contributed by atoms with E-state index < -0.39 is 5.97 Å². The van der Waals surface area contributed by atoms with E-state index in [0.717, 1.165) is 5.56 Å². The van der Waals surface area contributed by atoms with Crippen LogP contribution in [0.2, 0.25) is 0 Å². The Morgan fingerprint density at radius 1 is 0.917 bits per heavy atom. The molecule has 0 saturated heterocycles. The Hall–Kier alpha value is -3.08. The number of aromatic hydroxyl groups is 2. The summed E-state index contributed by atoms with van der Waals surface area (Å²) in [5.74, 6) is -0.102. The highest BCUT2D eigenvalue weighted by atomic mass is 16.5. The van der Waals surface area contributed by atoms with Crippen LogP contribution >= 0.6 is 0 Å². The van der Waals surface area contributed by atoms with Crippen LogP contribution in [0.5, 0.6) is 17.2 Å². The van der Waals surface area contributed by atoms with Gasteiger partial charge in [-0.3, -0.25) is 4.79 Å². The van der Waals surface area contributed by atoms with Crippen molar-refractivity contribution in [1.29, 1.82) is 0 Å². The highest BCUT2D eigenvalue weighted by molar-refractivity contribution is 5.82. The van der Waals surface area contributed by atoms with Gasteiger partial charge in [0, 0.05) is 12.5 Å². The Balaban J connectivity index is 1.97. The molecule has 0 aliphatic carbocycles. The van der Waals surface area contributed by atoms with Crippen molar-refractivity contribution in [2.24, 2.45) is 0 Å². The minimum atomic E-state index is -0.441. The third kappa shape index (κ3) is 5.61. The molecule has 2 N–H and O–H groups in total. The van der Waals surface area contributed by atoms with E-state index in [0.29, 0.717) is 11.3 Å². The second-order valence-corrected chi connectivity index (χ2v) is 5.36. The van der Waals surface area contributed by atoms with Crippen molar-refractivity contribution in [2.45, 2.75) is 19.8 Å². The fraction of sp³-hybridized carbons (Fsp3) is 0.158. The zero-order valence-electron chi connectivity index (χ0n) is 13.2. The zero-order chi connectivity index (χ0) is 17.5. The number of ketones is 1. The maximum absolute atomic E-state index is 11.5. The number of carbonyl (C=O) groups excluding carboxylic acids is 2. The van der Waals surface area contributed by atoms with E-state index in [2.05, 4.69) is 0 Å². The first-order valence-electron chi connectivity index (χ1n) is 7.43. The van der Waals surface area contributed by atoms with Crippen LogP contribution in [0.25, 0.3) is 12.2 Å². The van der Waals surface area contributed by atoms with Gasteiger partial charge in [-0.25, -0.2) is 0 Å². The lowest BCUT2D eigenvalue weighted by Crippen LogP contribution is -2.09. The number of hydrogen-bond acceptors (Lipinski definition) is 5. The summed E-state index contributed by atoms with van der Waals surface area (Å²) >= 11 is 0. The SMILES string of the molecule is CC(=O)CCC(=O)Oc1ccc(/C=C/c2cc(O)cc(O)c2)cc1. The van der Waals surface area contributed by atoms with Crippen molar-refractivity contribution >= 4 is 23.9 Å². The van der Waals surface area contributed by atoms with E-state index in [1.807, 2.05) is 0 Å². The van der Waals surface area contributed by atoms with Gasteiger partial charge < -0.3 is 19.7 Å². The number of rotatable bonds is 6. The molecule has 0 radical (unpaired) electrons. The molecule has 2 aromatic rings. The maximum atomic E-state index is 11.5. The van der Waals surface area contributed by atoms with Gasteiger partial charge in [-0.1, -0.05) is 24.3 Å². The van der Waals surface area contributed by atoms with E-state index in [1.165, 1.54) is 25.1 Å². The summed E-state index contributed by atoms with van der Waals surface area (Å²) in [6.45, 7) is 1.43. The molecule has 0 aliphatic rings. The average Bonchev–Trinajstić information content (AvgIpc) is 2.51. The van der Waals surface area contributed by atoms with Crippen molar-refractivity contribution in [1.82, 2.24) is 0 Å². The van der Waals surface area contributed by atoms with Crippen LogP contribution in [0.1, 0.15) is 30.9 Å². The molecule has 5 nitrogen and oxygen atoms in total. The predicted octanol–water partition coefficient (Wildman–Crippen LogP) is 3.54. The van der Waals surface area contributed by atoms with E-state index in [-0.39, 0.29) is 30.1 Å². The van der Waals surface area contributed by atoms with Crippen LogP contribution in [0, 0.1) is 0 Å². The summed E-state index contributed by atoms with van der Waals surface area (Å²) in [7, 11) is 0. The van der Waals surface area contributed by atoms with Crippen LogP contribution in [-0.4, -0.2) is 22.0 Å². The summed E-state index contributed by atoms with van der Waals surface area (Å²) in [4.78, 5) is 22.4. The van der Waals surface area contributed by atoms with Gasteiger partial charge in [-0.15, -0.1) is 0 Å². The third-order valence-corrected chi connectivity index (χ3v) is 3.19. The lowest BCUT2D eigenvalue weighted by Gasteiger charge is -2.04.